The van der Waals surface area contributed by atoms with E-state index < -0.39 is 20.8 Å². The van der Waals surface area contributed by atoms with Gasteiger partial charge in [-0.2, -0.15) is 0 Å². The lowest BCUT2D eigenvalue weighted by Gasteiger charge is -2.38. The molecule has 0 aromatic rings. The van der Waals surface area contributed by atoms with Crippen molar-refractivity contribution in [3.05, 3.63) is 0 Å². The summed E-state index contributed by atoms with van der Waals surface area (Å²) in [5.74, 6) is 0.602. The lowest BCUT2D eigenvalue weighted by Crippen LogP contribution is -2.53. The molecule has 0 aromatic heterocycles. The van der Waals surface area contributed by atoms with E-state index in [9.17, 15) is 13.5 Å². The third kappa shape index (κ3) is 3.59. The fourth-order valence-corrected chi connectivity index (χ4v) is 3.11. The van der Waals surface area contributed by atoms with Crippen molar-refractivity contribution >= 4 is 21.6 Å². The van der Waals surface area contributed by atoms with Gasteiger partial charge < -0.3 is 5.11 Å². The minimum atomic E-state index is -3.45. The molecular formula is C9H18ClNO3S. The predicted molar refractivity (Wildman–Crippen MR) is 60.2 cm³/mol. The average Bonchev–Trinajstić information content (AvgIpc) is 2.22. The summed E-state index contributed by atoms with van der Waals surface area (Å²) in [5, 5.41) is 8.86. The molecule has 15 heavy (non-hydrogen) atoms. The fraction of sp³-hybridized carbons (Fsp3) is 1.00. The van der Waals surface area contributed by atoms with Crippen LogP contribution in [0.1, 0.15) is 32.6 Å². The van der Waals surface area contributed by atoms with Crippen LogP contribution in [0.15, 0.2) is 0 Å². The van der Waals surface area contributed by atoms with Gasteiger partial charge in [-0.3, -0.25) is 0 Å². The average molecular weight is 256 g/mol. The molecule has 0 aromatic carbocycles. The minimum Gasteiger partial charge on any atom is -0.394 e. The molecule has 6 heteroatoms. The second-order valence-corrected chi connectivity index (χ2v) is 6.75. The van der Waals surface area contributed by atoms with Crippen LogP contribution in [0.5, 0.6) is 0 Å². The summed E-state index contributed by atoms with van der Waals surface area (Å²) >= 11 is 5.33. The van der Waals surface area contributed by atoms with Crippen molar-refractivity contribution in [2.45, 2.75) is 38.1 Å². The first-order chi connectivity index (χ1) is 6.93. The van der Waals surface area contributed by atoms with Gasteiger partial charge >= 0.3 is 0 Å². The summed E-state index contributed by atoms with van der Waals surface area (Å²) in [6.45, 7) is 1.98. The van der Waals surface area contributed by atoms with Crippen LogP contribution < -0.4 is 4.72 Å². The van der Waals surface area contributed by atoms with Crippen LogP contribution in [0.3, 0.4) is 0 Å². The molecule has 0 spiro atoms. The Morgan fingerprint density at radius 2 is 2.00 bits per heavy atom. The zero-order valence-corrected chi connectivity index (χ0v) is 10.4. The third-order valence-corrected chi connectivity index (χ3v) is 4.94. The number of nitrogens with one attached hydrogen (secondary N) is 1. The Morgan fingerprint density at radius 3 is 2.40 bits per heavy atom. The van der Waals surface area contributed by atoms with Crippen LogP contribution in [0.25, 0.3) is 0 Å². The Balaban J connectivity index is 2.70. The lowest BCUT2D eigenvalue weighted by atomic mass is 9.78. The molecule has 1 saturated carbocycles. The Labute approximate surface area is 96.1 Å². The molecule has 0 radical (unpaired) electrons. The summed E-state index contributed by atoms with van der Waals surface area (Å²) in [7, 11) is -3.45. The van der Waals surface area contributed by atoms with Crippen LogP contribution in [0.2, 0.25) is 0 Å². The number of sulfonamides is 1. The van der Waals surface area contributed by atoms with E-state index in [0.29, 0.717) is 18.8 Å². The molecule has 1 fully saturated rings. The van der Waals surface area contributed by atoms with Crippen molar-refractivity contribution in [3.8, 4) is 0 Å². The Bertz CT molecular complexity index is 296. The van der Waals surface area contributed by atoms with Gasteiger partial charge in [-0.25, -0.2) is 13.1 Å². The van der Waals surface area contributed by atoms with Crippen LogP contribution in [-0.4, -0.2) is 30.9 Å². The highest BCUT2D eigenvalue weighted by molar-refractivity contribution is 7.90. The van der Waals surface area contributed by atoms with Crippen molar-refractivity contribution < 1.29 is 13.5 Å². The highest BCUT2D eigenvalue weighted by Gasteiger charge is 2.36. The van der Waals surface area contributed by atoms with Gasteiger partial charge in [-0.1, -0.05) is 6.92 Å². The normalized spacial score (nSPS) is 32.9. The Kier molecular flexibility index (Phi) is 4.40. The molecule has 0 saturated heterocycles. The first kappa shape index (κ1) is 13.2. The SMILES string of the molecule is CC1CCC(CO)(NS(=O)(=O)CCl)CC1. The van der Waals surface area contributed by atoms with Gasteiger partial charge in [0, 0.05) is 0 Å². The molecular weight excluding hydrogens is 238 g/mol. The molecule has 0 bridgehead atoms. The first-order valence-electron chi connectivity index (χ1n) is 5.11. The van der Waals surface area contributed by atoms with E-state index in [-0.39, 0.29) is 6.61 Å². The van der Waals surface area contributed by atoms with Crippen LogP contribution in [0, 0.1) is 5.92 Å². The monoisotopic (exact) mass is 255 g/mol. The molecule has 0 amide bonds. The Morgan fingerprint density at radius 1 is 1.47 bits per heavy atom. The van der Waals surface area contributed by atoms with Crippen molar-refractivity contribution in [1.29, 1.82) is 0 Å². The van der Waals surface area contributed by atoms with Crippen molar-refractivity contribution in [3.63, 3.8) is 0 Å². The smallest absolute Gasteiger partial charge is 0.226 e. The van der Waals surface area contributed by atoms with E-state index in [0.717, 1.165) is 12.8 Å². The zero-order chi connectivity index (χ0) is 11.5. The standard InChI is InChI=1S/C9H18ClNO3S/c1-8-2-4-9(6-12,5-3-8)11-15(13,14)7-10/h8,11-12H,2-7H2,1H3. The highest BCUT2D eigenvalue weighted by Crippen LogP contribution is 2.32. The maximum Gasteiger partial charge on any atom is 0.226 e. The molecule has 1 rings (SSSR count). The molecule has 4 nitrogen and oxygen atoms in total. The number of halogens is 1. The predicted octanol–water partition coefficient (Wildman–Crippen LogP) is 1.04. The molecule has 0 heterocycles. The summed E-state index contributed by atoms with van der Waals surface area (Å²) in [5.41, 5.74) is -0.680. The van der Waals surface area contributed by atoms with Gasteiger partial charge in [0.25, 0.3) is 0 Å². The van der Waals surface area contributed by atoms with Gasteiger partial charge in [0.15, 0.2) is 0 Å². The van der Waals surface area contributed by atoms with E-state index >= 15 is 0 Å². The first-order valence-corrected chi connectivity index (χ1v) is 7.30. The van der Waals surface area contributed by atoms with Crippen molar-refractivity contribution in [1.82, 2.24) is 4.72 Å². The molecule has 1 aliphatic carbocycles. The number of alkyl halides is 1. The highest BCUT2D eigenvalue weighted by atomic mass is 35.5. The van der Waals surface area contributed by atoms with E-state index in [4.69, 9.17) is 11.6 Å². The van der Waals surface area contributed by atoms with E-state index in [1.165, 1.54) is 0 Å². The summed E-state index contributed by atoms with van der Waals surface area (Å²) in [6.07, 6.45) is 3.23. The van der Waals surface area contributed by atoms with Crippen LogP contribution in [0.4, 0.5) is 0 Å². The molecule has 0 atom stereocenters. The fourth-order valence-electron chi connectivity index (χ4n) is 1.96. The number of hydrogen-bond donors (Lipinski definition) is 2. The van der Waals surface area contributed by atoms with Gasteiger partial charge in [0.05, 0.1) is 12.1 Å². The molecule has 0 unspecified atom stereocenters. The van der Waals surface area contributed by atoms with E-state index in [1.807, 2.05) is 0 Å². The number of aliphatic hydroxyl groups excluding tert-OH is 1. The van der Waals surface area contributed by atoms with Gasteiger partial charge in [0.2, 0.25) is 10.0 Å². The van der Waals surface area contributed by atoms with E-state index in [1.54, 1.807) is 0 Å². The maximum atomic E-state index is 11.4. The molecule has 0 aliphatic heterocycles. The van der Waals surface area contributed by atoms with Gasteiger partial charge in [-0.15, -0.1) is 11.6 Å². The number of hydrogen-bond acceptors (Lipinski definition) is 3. The maximum absolute atomic E-state index is 11.4. The molecule has 90 valence electrons. The third-order valence-electron chi connectivity index (χ3n) is 3.05. The van der Waals surface area contributed by atoms with Crippen LogP contribution >= 0.6 is 11.6 Å². The van der Waals surface area contributed by atoms with Crippen molar-refractivity contribution in [2.24, 2.45) is 5.92 Å². The quantitative estimate of drug-likeness (QED) is 0.738. The molecule has 1 aliphatic rings. The minimum absolute atomic E-state index is 0.157. The summed E-state index contributed by atoms with van der Waals surface area (Å²) < 4.78 is 25.2. The van der Waals surface area contributed by atoms with Crippen molar-refractivity contribution in [2.75, 3.05) is 11.8 Å². The largest absolute Gasteiger partial charge is 0.394 e. The second kappa shape index (κ2) is 4.99. The molecule has 2 N–H and O–H groups in total. The summed E-state index contributed by atoms with van der Waals surface area (Å²) in [4.78, 5) is 0. The second-order valence-electron chi connectivity index (χ2n) is 4.45. The van der Waals surface area contributed by atoms with Crippen LogP contribution in [-0.2, 0) is 10.0 Å². The summed E-state index contributed by atoms with van der Waals surface area (Å²) in [6, 6.07) is 0. The van der Waals surface area contributed by atoms with Gasteiger partial charge in [0.1, 0.15) is 5.21 Å². The zero-order valence-electron chi connectivity index (χ0n) is 8.87. The number of aliphatic hydroxyl groups is 1. The topological polar surface area (TPSA) is 66.4 Å². The number of rotatable bonds is 4. The lowest BCUT2D eigenvalue weighted by molar-refractivity contribution is 0.126. The Hall–Kier alpha value is 0.160. The van der Waals surface area contributed by atoms with Gasteiger partial charge in [-0.05, 0) is 31.6 Å². The van der Waals surface area contributed by atoms with E-state index in [2.05, 4.69) is 11.6 Å².